The van der Waals surface area contributed by atoms with E-state index in [0.717, 1.165) is 41.9 Å². The summed E-state index contributed by atoms with van der Waals surface area (Å²) >= 11 is 1.59. The highest BCUT2D eigenvalue weighted by Crippen LogP contribution is 2.36. The number of carbonyl (C=O) groups excluding carboxylic acids is 1. The van der Waals surface area contributed by atoms with Crippen molar-refractivity contribution < 1.29 is 13.2 Å². The number of hydrogen-bond donors (Lipinski definition) is 1. The van der Waals surface area contributed by atoms with Gasteiger partial charge in [0.2, 0.25) is 5.91 Å². The topological polar surface area (TPSA) is 89.0 Å². The van der Waals surface area contributed by atoms with E-state index in [1.807, 2.05) is 17.5 Å². The van der Waals surface area contributed by atoms with Crippen LogP contribution in [-0.2, 0) is 21.1 Å². The van der Waals surface area contributed by atoms with E-state index in [9.17, 15) is 13.2 Å². The minimum Gasteiger partial charge on any atom is -0.355 e. The molecule has 0 spiro atoms. The Hall–Kier alpha value is -1.80. The van der Waals surface area contributed by atoms with Crippen molar-refractivity contribution in [3.05, 3.63) is 34.9 Å². The van der Waals surface area contributed by atoms with E-state index in [2.05, 4.69) is 15.3 Å². The summed E-state index contributed by atoms with van der Waals surface area (Å²) in [6, 6.07) is 3.84. The number of thiazole rings is 1. The molecule has 2 aromatic rings. The van der Waals surface area contributed by atoms with Crippen LogP contribution in [-0.4, -0.2) is 41.8 Å². The zero-order valence-electron chi connectivity index (χ0n) is 14.8. The molecule has 0 aromatic carbocycles. The number of rotatable bonds is 7. The average Bonchev–Trinajstić information content (AvgIpc) is 3.29. The maximum atomic E-state index is 12.5. The Morgan fingerprint density at radius 3 is 2.62 bits per heavy atom. The molecular weight excluding hydrogens is 370 g/mol. The zero-order chi connectivity index (χ0) is 18.6. The van der Waals surface area contributed by atoms with Crippen LogP contribution in [0.25, 0.3) is 11.3 Å². The van der Waals surface area contributed by atoms with Crippen molar-refractivity contribution in [2.75, 3.05) is 12.8 Å². The van der Waals surface area contributed by atoms with E-state index >= 15 is 0 Å². The molecule has 0 radical (unpaired) electrons. The van der Waals surface area contributed by atoms with Crippen molar-refractivity contribution in [1.82, 2.24) is 15.3 Å². The van der Waals surface area contributed by atoms with E-state index in [4.69, 9.17) is 0 Å². The SMILES string of the molecule is CS(=O)(=O)C1(C(=O)NCCCc2nc(-c3ccncc3)cs2)CCCC1. The molecule has 3 rings (SSSR count). The lowest BCUT2D eigenvalue weighted by Gasteiger charge is -2.25. The Morgan fingerprint density at radius 2 is 1.96 bits per heavy atom. The van der Waals surface area contributed by atoms with Crippen LogP contribution < -0.4 is 5.32 Å². The molecule has 0 unspecified atom stereocenters. The van der Waals surface area contributed by atoms with Gasteiger partial charge in [0.15, 0.2) is 9.84 Å². The fraction of sp³-hybridized carbons (Fsp3) is 0.500. The Labute approximate surface area is 158 Å². The summed E-state index contributed by atoms with van der Waals surface area (Å²) in [7, 11) is -3.41. The van der Waals surface area contributed by atoms with E-state index in [-0.39, 0.29) is 5.91 Å². The number of nitrogens with zero attached hydrogens (tertiary/aromatic N) is 2. The summed E-state index contributed by atoms with van der Waals surface area (Å²) in [4.78, 5) is 21.1. The molecule has 1 aliphatic carbocycles. The molecule has 26 heavy (non-hydrogen) atoms. The van der Waals surface area contributed by atoms with Gasteiger partial charge in [-0.2, -0.15) is 0 Å². The Morgan fingerprint density at radius 1 is 1.27 bits per heavy atom. The highest BCUT2D eigenvalue weighted by atomic mass is 32.2. The lowest BCUT2D eigenvalue weighted by molar-refractivity contribution is -0.123. The number of hydrogen-bond acceptors (Lipinski definition) is 6. The summed E-state index contributed by atoms with van der Waals surface area (Å²) in [5.41, 5.74) is 1.96. The van der Waals surface area contributed by atoms with Crippen molar-refractivity contribution >= 4 is 27.1 Å². The van der Waals surface area contributed by atoms with Crippen molar-refractivity contribution in [3.8, 4) is 11.3 Å². The van der Waals surface area contributed by atoms with E-state index in [0.29, 0.717) is 19.4 Å². The molecule has 0 saturated heterocycles. The average molecular weight is 394 g/mol. The van der Waals surface area contributed by atoms with Gasteiger partial charge in [0.1, 0.15) is 4.75 Å². The molecule has 1 aliphatic rings. The molecule has 1 fully saturated rings. The first kappa shape index (κ1) is 19.0. The molecule has 1 amide bonds. The standard InChI is InChI=1S/C18H23N3O3S2/c1-26(23,24)18(8-2-3-9-18)17(22)20-10-4-5-16-21-15(13-25-16)14-6-11-19-12-7-14/h6-7,11-13H,2-5,8-10H2,1H3,(H,20,22). The largest absolute Gasteiger partial charge is 0.355 e. The van der Waals surface area contributed by atoms with Crippen LogP contribution in [0.3, 0.4) is 0 Å². The lowest BCUT2D eigenvalue weighted by Crippen LogP contribution is -2.50. The third-order valence-electron chi connectivity index (χ3n) is 4.92. The smallest absolute Gasteiger partial charge is 0.241 e. The fourth-order valence-electron chi connectivity index (χ4n) is 3.40. The van der Waals surface area contributed by atoms with Gasteiger partial charge in [0, 0.05) is 42.6 Å². The van der Waals surface area contributed by atoms with Gasteiger partial charge in [0.25, 0.3) is 0 Å². The van der Waals surface area contributed by atoms with Crippen LogP contribution in [0.5, 0.6) is 0 Å². The summed E-state index contributed by atoms with van der Waals surface area (Å²) in [6.45, 7) is 0.459. The zero-order valence-corrected chi connectivity index (χ0v) is 16.4. The third kappa shape index (κ3) is 3.96. The molecular formula is C18H23N3O3S2. The van der Waals surface area contributed by atoms with Crippen LogP contribution >= 0.6 is 11.3 Å². The molecule has 2 aromatic heterocycles. The summed E-state index contributed by atoms with van der Waals surface area (Å²) in [5, 5.41) is 5.85. The van der Waals surface area contributed by atoms with Gasteiger partial charge in [-0.1, -0.05) is 12.8 Å². The summed E-state index contributed by atoms with van der Waals surface area (Å²) in [5.74, 6) is -0.339. The van der Waals surface area contributed by atoms with E-state index in [1.54, 1.807) is 23.7 Å². The molecule has 140 valence electrons. The number of pyridine rings is 1. The fourth-order valence-corrected chi connectivity index (χ4v) is 5.68. The number of sulfone groups is 1. The van der Waals surface area contributed by atoms with Crippen molar-refractivity contribution in [2.24, 2.45) is 0 Å². The normalized spacial score (nSPS) is 16.5. The first-order valence-corrected chi connectivity index (χ1v) is 11.5. The second-order valence-electron chi connectivity index (χ2n) is 6.70. The monoisotopic (exact) mass is 393 g/mol. The molecule has 8 heteroatoms. The first-order chi connectivity index (χ1) is 12.4. The molecule has 1 N–H and O–H groups in total. The van der Waals surface area contributed by atoms with Crippen LogP contribution in [0.1, 0.15) is 37.1 Å². The first-order valence-electron chi connectivity index (χ1n) is 8.75. The van der Waals surface area contributed by atoms with Gasteiger partial charge in [-0.25, -0.2) is 13.4 Å². The van der Waals surface area contributed by atoms with Gasteiger partial charge in [-0.05, 0) is 31.4 Å². The number of aryl methyl sites for hydroxylation is 1. The highest BCUT2D eigenvalue weighted by Gasteiger charge is 2.49. The van der Waals surface area contributed by atoms with Gasteiger partial charge < -0.3 is 5.32 Å². The maximum absolute atomic E-state index is 12.5. The molecule has 0 aliphatic heterocycles. The summed E-state index contributed by atoms with van der Waals surface area (Å²) < 4.78 is 23.0. The Balaban J connectivity index is 1.51. The summed E-state index contributed by atoms with van der Waals surface area (Å²) in [6.07, 6.45) is 8.58. The molecule has 6 nitrogen and oxygen atoms in total. The minimum atomic E-state index is -3.41. The lowest BCUT2D eigenvalue weighted by atomic mass is 10.1. The van der Waals surface area contributed by atoms with Crippen molar-refractivity contribution in [1.29, 1.82) is 0 Å². The van der Waals surface area contributed by atoms with E-state index < -0.39 is 14.6 Å². The maximum Gasteiger partial charge on any atom is 0.241 e. The van der Waals surface area contributed by atoms with Crippen LogP contribution in [0, 0.1) is 0 Å². The van der Waals surface area contributed by atoms with Crippen molar-refractivity contribution in [2.45, 2.75) is 43.3 Å². The van der Waals surface area contributed by atoms with Gasteiger partial charge in [-0.15, -0.1) is 11.3 Å². The highest BCUT2D eigenvalue weighted by molar-refractivity contribution is 7.92. The molecule has 0 bridgehead atoms. The predicted octanol–water partition coefficient (Wildman–Crippen LogP) is 2.61. The third-order valence-corrected chi connectivity index (χ3v) is 7.84. The van der Waals surface area contributed by atoms with Gasteiger partial charge in [-0.3, -0.25) is 9.78 Å². The quantitative estimate of drug-likeness (QED) is 0.731. The van der Waals surface area contributed by atoms with Crippen LogP contribution in [0.4, 0.5) is 0 Å². The Kier molecular flexibility index (Phi) is 5.72. The molecule has 1 saturated carbocycles. The molecule has 0 atom stereocenters. The van der Waals surface area contributed by atoms with Crippen LogP contribution in [0.15, 0.2) is 29.9 Å². The number of carbonyl (C=O) groups is 1. The van der Waals surface area contributed by atoms with Gasteiger partial charge in [0.05, 0.1) is 10.7 Å². The Bertz CT molecular complexity index is 857. The number of aromatic nitrogens is 2. The molecule has 2 heterocycles. The number of nitrogens with one attached hydrogen (secondary N) is 1. The van der Waals surface area contributed by atoms with Crippen LogP contribution in [0.2, 0.25) is 0 Å². The second kappa shape index (κ2) is 7.84. The van der Waals surface area contributed by atoms with Gasteiger partial charge >= 0.3 is 0 Å². The van der Waals surface area contributed by atoms with Crippen molar-refractivity contribution in [3.63, 3.8) is 0 Å². The predicted molar refractivity (Wildman–Crippen MR) is 103 cm³/mol. The second-order valence-corrected chi connectivity index (χ2v) is 9.96. The minimum absolute atomic E-state index is 0.339. The van der Waals surface area contributed by atoms with E-state index in [1.165, 1.54) is 6.26 Å². The number of amides is 1.